The summed E-state index contributed by atoms with van der Waals surface area (Å²) in [5.41, 5.74) is 14.3. The third kappa shape index (κ3) is 12.2. The molecule has 2 bridgehead atoms. The number of anilines is 4. The molecular weight excluding hydrogens is 1190 g/mol. The lowest BCUT2D eigenvalue weighted by atomic mass is 9.81. The van der Waals surface area contributed by atoms with Crippen molar-refractivity contribution in [2.24, 2.45) is 11.8 Å². The number of aromatic nitrogens is 5. The number of phenols is 1. The van der Waals surface area contributed by atoms with E-state index in [9.17, 15) is 14.7 Å². The molecule has 5 aliphatic rings. The molecule has 13 rings (SSSR count). The molecule has 478 valence electrons. The van der Waals surface area contributed by atoms with E-state index in [1.807, 2.05) is 98.8 Å². The predicted molar refractivity (Wildman–Crippen MR) is 361 cm³/mol. The van der Waals surface area contributed by atoms with Crippen molar-refractivity contribution in [1.29, 1.82) is 0 Å². The van der Waals surface area contributed by atoms with Gasteiger partial charge < -0.3 is 54.3 Å². The molecule has 8 aromatic rings. The number of hydrogen-bond acceptors (Lipinski definition) is 17. The van der Waals surface area contributed by atoms with Crippen molar-refractivity contribution in [2.75, 3.05) is 66.2 Å². The fourth-order valence-electron chi connectivity index (χ4n) is 14.8. The maximum absolute atomic E-state index is 15.5. The number of phenolic OH excluding ortho intramolecular Hbond substituents is 1. The minimum Gasteiger partial charge on any atom is -0.507 e. The van der Waals surface area contributed by atoms with Gasteiger partial charge in [0, 0.05) is 99.8 Å². The number of nitrogens with one attached hydrogen (secondary N) is 1. The van der Waals surface area contributed by atoms with E-state index in [2.05, 4.69) is 127 Å². The Balaban J connectivity index is 0.647. The van der Waals surface area contributed by atoms with Gasteiger partial charge in [-0.15, -0.1) is 21.5 Å². The van der Waals surface area contributed by atoms with Gasteiger partial charge in [0.25, 0.3) is 8.32 Å². The van der Waals surface area contributed by atoms with Gasteiger partial charge in [-0.2, -0.15) is 0 Å². The van der Waals surface area contributed by atoms with Crippen molar-refractivity contribution < 1.29 is 33.2 Å². The summed E-state index contributed by atoms with van der Waals surface area (Å²) in [6.07, 6.45) is 4.82. The van der Waals surface area contributed by atoms with Crippen LogP contribution in [0.3, 0.4) is 0 Å². The van der Waals surface area contributed by atoms with E-state index < -0.39 is 26.4 Å². The van der Waals surface area contributed by atoms with Crippen LogP contribution in [-0.4, -0.2) is 142 Å². The number of aromatic hydroxyl groups is 1. The highest BCUT2D eigenvalue weighted by atomic mass is 32.1. The second kappa shape index (κ2) is 25.8. The Bertz CT molecular complexity index is 3870. The Labute approximate surface area is 543 Å². The van der Waals surface area contributed by atoms with Crippen LogP contribution in [0.4, 0.5) is 23.0 Å². The number of para-hydroxylation sites is 1. The van der Waals surface area contributed by atoms with E-state index in [-0.39, 0.29) is 71.1 Å². The lowest BCUT2D eigenvalue weighted by Gasteiger charge is -2.44. The van der Waals surface area contributed by atoms with Crippen LogP contribution < -0.4 is 40.9 Å². The first kappa shape index (κ1) is 62.2. The number of nitrogens with zero attached hydrogens (tertiary/aromatic N) is 10. The summed E-state index contributed by atoms with van der Waals surface area (Å²) in [5.74, 6) is 0.656. The number of nitrogen functional groups attached to an aromatic ring is 1. The number of hydrogen-bond donors (Lipinski definition) is 3. The summed E-state index contributed by atoms with van der Waals surface area (Å²) in [7, 11) is -3.10. The van der Waals surface area contributed by atoms with Crippen LogP contribution in [-0.2, 0) is 18.8 Å². The molecular formula is C71H82N12O7SSi. The molecule has 8 heterocycles. The summed E-state index contributed by atoms with van der Waals surface area (Å²) in [5, 5.41) is 28.9. The van der Waals surface area contributed by atoms with E-state index in [0.717, 1.165) is 69.4 Å². The summed E-state index contributed by atoms with van der Waals surface area (Å²) < 4.78 is 20.3. The van der Waals surface area contributed by atoms with Crippen LogP contribution in [0.1, 0.15) is 103 Å². The minimum absolute atomic E-state index is 0.121. The molecule has 4 aromatic carbocycles. The van der Waals surface area contributed by atoms with Crippen LogP contribution >= 0.6 is 11.3 Å². The number of fused-ring (bicyclic) bond motifs is 2. The van der Waals surface area contributed by atoms with Crippen molar-refractivity contribution >= 4 is 70.8 Å². The van der Waals surface area contributed by atoms with Crippen LogP contribution in [0, 0.1) is 18.8 Å². The number of carbonyl (C=O) groups excluding carboxylic acids is 3. The molecule has 3 amide bonds. The first-order chi connectivity index (χ1) is 44.4. The van der Waals surface area contributed by atoms with Gasteiger partial charge in [0.2, 0.25) is 23.6 Å². The number of pyridine rings is 1. The van der Waals surface area contributed by atoms with E-state index in [4.69, 9.17) is 19.4 Å². The number of nitrogens with two attached hydrogens (primary N) is 1. The monoisotopic (exact) mass is 1270 g/mol. The summed E-state index contributed by atoms with van der Waals surface area (Å²) in [4.78, 5) is 65.3. The standard InChI is InChI=1S/C71H82N12O7SSi/c1-44(2)65(70(87)82-42-54(90-92(71(5,6)7,55-16-10-8-11-17-55)56-18-12-9-13-19-56)37-60(82)68(85)75-45(3)47-22-24-48(25-23-47)66-46(4)74-43-91-66)62-39-63(78-89-62)79-30-32-80(33-31-79)69(86)49-34-53(35-49)88-64-36-50(28-29-73-64)83-51-26-27-52(83)41-81(40-51)59-38-58(76-77-67(59)72)57-20-14-15-21-61(57)84/h8-25,28-29,36,38-39,43-45,49,51-54,60,65,84H,26-27,30-35,37,40-42H2,1-7H3,(H2,72,77)(H,75,85)/t45-,49?,51?,52?,53?,54+,60-,65+/m0/s1. The molecule has 0 spiro atoms. The van der Waals surface area contributed by atoms with Gasteiger partial charge in [0.05, 0.1) is 39.6 Å². The Morgan fingerprint density at radius 3 is 2.09 bits per heavy atom. The molecule has 1 saturated carbocycles. The van der Waals surface area contributed by atoms with Gasteiger partial charge >= 0.3 is 0 Å². The van der Waals surface area contributed by atoms with Gasteiger partial charge in [0.15, 0.2) is 17.4 Å². The first-order valence-electron chi connectivity index (χ1n) is 32.4. The normalized spacial score (nSPS) is 21.5. The van der Waals surface area contributed by atoms with E-state index >= 15 is 4.79 Å². The number of piperazine rings is 2. The Hall–Kier alpha value is -8.66. The number of aryl methyl sites for hydroxylation is 1. The fourth-order valence-corrected chi connectivity index (χ4v) is 20.3. The largest absolute Gasteiger partial charge is 0.507 e. The smallest absolute Gasteiger partial charge is 0.261 e. The van der Waals surface area contributed by atoms with Crippen LogP contribution in [0.5, 0.6) is 11.6 Å². The Morgan fingerprint density at radius 2 is 1.45 bits per heavy atom. The maximum Gasteiger partial charge on any atom is 0.261 e. The maximum atomic E-state index is 15.5. The van der Waals surface area contributed by atoms with Gasteiger partial charge in [0.1, 0.15) is 23.8 Å². The van der Waals surface area contributed by atoms with Crippen LogP contribution in [0.2, 0.25) is 5.04 Å². The molecule has 1 aliphatic carbocycles. The second-order valence-electron chi connectivity index (χ2n) is 26.9. The van der Waals surface area contributed by atoms with E-state index in [1.165, 1.54) is 0 Å². The van der Waals surface area contributed by atoms with Crippen LogP contribution in [0.15, 0.2) is 150 Å². The lowest BCUT2D eigenvalue weighted by Crippen LogP contribution is -2.67. The summed E-state index contributed by atoms with van der Waals surface area (Å²) in [6, 6.07) is 43.4. The van der Waals surface area contributed by atoms with Crippen molar-refractivity contribution in [3.8, 4) is 33.3 Å². The SMILES string of the molecule is Cc1ncsc1-c1ccc([C@H](C)NC(=O)[C@@H]2C[C@@H](O[Si](c3ccccc3)(c3ccccc3)C(C)(C)C)CN2C(=O)[C@@H](c2cc(N3CCN(C(=O)C4CC(Oc5cc(N6C7CCC6CN(c6cc(-c8ccccc8O)nnc6N)C7)ccn5)C4)CC3)no2)C(C)C)cc1. The van der Waals surface area contributed by atoms with Crippen LogP contribution in [0.25, 0.3) is 21.7 Å². The van der Waals surface area contributed by atoms with E-state index in [0.29, 0.717) is 80.0 Å². The number of ether oxygens (including phenoxy) is 1. The predicted octanol–water partition coefficient (Wildman–Crippen LogP) is 9.77. The highest BCUT2D eigenvalue weighted by Gasteiger charge is 2.54. The highest BCUT2D eigenvalue weighted by molar-refractivity contribution is 7.13. The summed E-state index contributed by atoms with van der Waals surface area (Å²) in [6.45, 7) is 18.6. The molecule has 19 nitrogen and oxygen atoms in total. The van der Waals surface area contributed by atoms with Gasteiger partial charge in [-0.1, -0.05) is 137 Å². The molecule has 0 radical (unpaired) electrons. The number of rotatable bonds is 18. The topological polar surface area (TPSA) is 222 Å². The third-order valence-corrected chi connectivity index (χ3v) is 25.7. The second-order valence-corrected chi connectivity index (χ2v) is 32.0. The number of likely N-dealkylation sites (tertiary alicyclic amines) is 1. The fraction of sp³-hybridized carbons (Fsp3) is 0.408. The zero-order chi connectivity index (χ0) is 64.0. The van der Waals surface area contributed by atoms with Crippen molar-refractivity contribution in [3.63, 3.8) is 0 Å². The molecule has 21 heteroatoms. The van der Waals surface area contributed by atoms with Crippen molar-refractivity contribution in [2.45, 2.75) is 128 Å². The number of benzene rings is 4. The molecule has 4 aromatic heterocycles. The molecule has 4 saturated heterocycles. The number of thiazole rings is 1. The van der Waals surface area contributed by atoms with E-state index in [1.54, 1.807) is 34.6 Å². The average Bonchev–Trinajstić information content (AvgIpc) is 1.15. The van der Waals surface area contributed by atoms with Crippen molar-refractivity contribution in [3.05, 3.63) is 162 Å². The quantitative estimate of drug-likeness (QED) is 0.0680. The zero-order valence-electron chi connectivity index (χ0n) is 53.4. The first-order valence-corrected chi connectivity index (χ1v) is 35.2. The molecule has 6 atom stereocenters. The Kier molecular flexibility index (Phi) is 17.4. The molecule has 4 aliphatic heterocycles. The van der Waals surface area contributed by atoms with Gasteiger partial charge in [-0.3, -0.25) is 14.4 Å². The van der Waals surface area contributed by atoms with Crippen molar-refractivity contribution in [1.82, 2.24) is 40.4 Å². The molecule has 2 unspecified atom stereocenters. The Morgan fingerprint density at radius 1 is 0.772 bits per heavy atom. The summed E-state index contributed by atoms with van der Waals surface area (Å²) >= 11 is 1.60. The average molecular weight is 1280 g/mol. The molecule has 4 N–H and O–H groups in total. The number of amides is 3. The number of carbonyl (C=O) groups is 3. The highest BCUT2D eigenvalue weighted by Crippen LogP contribution is 2.43. The molecule has 92 heavy (non-hydrogen) atoms. The lowest BCUT2D eigenvalue weighted by molar-refractivity contribution is -0.142. The minimum atomic E-state index is -3.10. The molecule has 5 fully saturated rings. The van der Waals surface area contributed by atoms with Gasteiger partial charge in [-0.05, 0) is 96.3 Å². The zero-order valence-corrected chi connectivity index (χ0v) is 55.2. The third-order valence-electron chi connectivity index (χ3n) is 19.6. The van der Waals surface area contributed by atoms with Gasteiger partial charge in [-0.25, -0.2) is 9.97 Å².